The van der Waals surface area contributed by atoms with Crippen LogP contribution in [0.3, 0.4) is 0 Å². The third-order valence-electron chi connectivity index (χ3n) is 9.16. The summed E-state index contributed by atoms with van der Waals surface area (Å²) in [6.45, 7) is 23.5. The molecule has 2 aromatic heterocycles. The standard InChI is InChI=1S/2C25H27N3.2C3H6O.Fe/c2*1-18(2)22-12-5-7-14-24(22)26-16-20-10-9-11-21(28-20)17-27-25-15-8-6-13-23(25)19(3)4;2*1-3(2)4;/h2*5-19H,1-4H3;2*1-2H3;. The maximum atomic E-state index is 9.44. The molecule has 0 atom stereocenters. The number of benzene rings is 4. The second-order valence-electron chi connectivity index (χ2n) is 16.7. The number of ketones is 2. The second kappa shape index (κ2) is 29.2. The molecule has 0 radical (unpaired) electrons. The first-order valence-corrected chi connectivity index (χ1v) is 22.0. The Balaban J connectivity index is 0.000000378. The largest absolute Gasteiger partial charge is 0.300 e. The molecule has 0 aliphatic heterocycles. The zero-order valence-electron chi connectivity index (χ0n) is 40.2. The van der Waals surface area contributed by atoms with Crippen molar-refractivity contribution in [3.05, 3.63) is 178 Å². The predicted molar refractivity (Wildman–Crippen MR) is 272 cm³/mol. The van der Waals surface area contributed by atoms with Crippen molar-refractivity contribution < 1.29 is 26.7 Å². The zero-order valence-corrected chi connectivity index (χ0v) is 41.3. The fraction of sp³-hybridized carbons (Fsp3) is 0.286. The number of hydrogen-bond donors (Lipinski definition) is 0. The van der Waals surface area contributed by atoms with Gasteiger partial charge in [-0.1, -0.05) is 140 Å². The molecule has 0 N–H and O–H groups in total. The van der Waals surface area contributed by atoms with Crippen LogP contribution in [-0.2, 0) is 26.7 Å². The van der Waals surface area contributed by atoms with Gasteiger partial charge in [0.1, 0.15) is 11.6 Å². The van der Waals surface area contributed by atoms with Crippen LogP contribution >= 0.6 is 0 Å². The van der Waals surface area contributed by atoms with Crippen LogP contribution in [0.5, 0.6) is 0 Å². The fourth-order valence-electron chi connectivity index (χ4n) is 6.14. The maximum Gasteiger partial charge on any atom is 0.126 e. The number of pyridine rings is 2. The van der Waals surface area contributed by atoms with Crippen LogP contribution < -0.4 is 0 Å². The molecule has 2 heterocycles. The van der Waals surface area contributed by atoms with Crippen molar-refractivity contribution in [2.24, 2.45) is 20.0 Å². The number of aliphatic imine (C=N–C) groups is 4. The van der Waals surface area contributed by atoms with E-state index in [0.29, 0.717) is 23.7 Å². The Hall–Kier alpha value is -6.28. The van der Waals surface area contributed by atoms with Crippen molar-refractivity contribution in [3.8, 4) is 0 Å². The number of rotatable bonds is 12. The molecule has 0 aliphatic rings. The van der Waals surface area contributed by atoms with Gasteiger partial charge in [0.2, 0.25) is 0 Å². The second-order valence-corrected chi connectivity index (χ2v) is 16.7. The van der Waals surface area contributed by atoms with Gasteiger partial charge >= 0.3 is 0 Å². The monoisotopic (exact) mass is 910 g/mol. The Morgan fingerprint density at radius 2 is 0.538 bits per heavy atom. The summed E-state index contributed by atoms with van der Waals surface area (Å²) in [7, 11) is 0. The van der Waals surface area contributed by atoms with Crippen molar-refractivity contribution in [1.82, 2.24) is 9.97 Å². The van der Waals surface area contributed by atoms with E-state index < -0.39 is 0 Å². The summed E-state index contributed by atoms with van der Waals surface area (Å²) in [4.78, 5) is 46.8. The van der Waals surface area contributed by atoms with Crippen molar-refractivity contribution in [2.45, 2.75) is 107 Å². The predicted octanol–water partition coefficient (Wildman–Crippen LogP) is 14.8. The number of para-hydroxylation sites is 4. The molecule has 0 saturated heterocycles. The van der Waals surface area contributed by atoms with Gasteiger partial charge in [0, 0.05) is 17.1 Å². The third kappa shape index (κ3) is 20.4. The first-order chi connectivity index (χ1) is 30.5. The van der Waals surface area contributed by atoms with E-state index in [0.717, 1.165) is 45.5 Å². The summed E-state index contributed by atoms with van der Waals surface area (Å²) in [5, 5.41) is 0. The van der Waals surface area contributed by atoms with Crippen LogP contribution in [-0.4, -0.2) is 46.4 Å². The normalized spacial score (nSPS) is 11.1. The number of carbonyl (C=O) groups excluding carboxylic acids is 2. The molecule has 0 spiro atoms. The molecule has 4 aromatic carbocycles. The zero-order chi connectivity index (χ0) is 47.0. The number of carbonyl (C=O) groups is 2. The van der Waals surface area contributed by atoms with Crippen molar-refractivity contribution in [1.29, 1.82) is 0 Å². The van der Waals surface area contributed by atoms with Gasteiger partial charge in [-0.05, 0) is 122 Å². The van der Waals surface area contributed by atoms with E-state index in [-0.39, 0.29) is 28.6 Å². The van der Waals surface area contributed by atoms with Gasteiger partial charge in [-0.2, -0.15) is 0 Å². The minimum absolute atomic E-state index is 0. The summed E-state index contributed by atoms with van der Waals surface area (Å²) >= 11 is 0. The smallest absolute Gasteiger partial charge is 0.126 e. The molecule has 0 saturated carbocycles. The average Bonchev–Trinajstić information content (AvgIpc) is 3.26. The molecule has 9 heteroatoms. The van der Waals surface area contributed by atoms with Gasteiger partial charge in [-0.3, -0.25) is 20.0 Å². The van der Waals surface area contributed by atoms with Crippen LogP contribution in [0.25, 0.3) is 0 Å². The molecule has 8 nitrogen and oxygen atoms in total. The van der Waals surface area contributed by atoms with E-state index in [1.165, 1.54) is 49.9 Å². The Morgan fingerprint density at radius 3 is 0.723 bits per heavy atom. The SMILES string of the molecule is CC(C)=O.CC(C)=O.CC(C)c1ccccc1N=Cc1cccc(C=Nc2ccccc2C(C)C)n1.CC(C)c1ccccc1N=Cc1cccc(C=Nc2ccccc2C(C)C)n1.[Fe]. The quantitative estimate of drug-likeness (QED) is 0.0899. The number of aromatic nitrogens is 2. The van der Waals surface area contributed by atoms with E-state index in [1.54, 1.807) is 0 Å². The van der Waals surface area contributed by atoms with Crippen LogP contribution in [0, 0.1) is 0 Å². The summed E-state index contributed by atoms with van der Waals surface area (Å²) in [6, 6.07) is 44.8. The number of hydrogen-bond acceptors (Lipinski definition) is 8. The molecule has 6 aromatic rings. The van der Waals surface area contributed by atoms with E-state index >= 15 is 0 Å². The third-order valence-corrected chi connectivity index (χ3v) is 9.16. The van der Waals surface area contributed by atoms with Crippen LogP contribution in [0.2, 0.25) is 0 Å². The Labute approximate surface area is 399 Å². The van der Waals surface area contributed by atoms with Crippen LogP contribution in [0.15, 0.2) is 153 Å². The molecule has 0 unspecified atom stereocenters. The topological polar surface area (TPSA) is 109 Å². The average molecular weight is 911 g/mol. The Bertz CT molecular complexity index is 2180. The molecule has 340 valence electrons. The van der Waals surface area contributed by atoms with Gasteiger partial charge in [0.05, 0.1) is 70.4 Å². The molecule has 0 aliphatic carbocycles. The first-order valence-electron chi connectivity index (χ1n) is 22.0. The summed E-state index contributed by atoms with van der Waals surface area (Å²) in [5.41, 5.74) is 12.2. The maximum absolute atomic E-state index is 9.44. The van der Waals surface area contributed by atoms with E-state index in [2.05, 4.69) is 134 Å². The number of nitrogens with zero attached hydrogens (tertiary/aromatic N) is 6. The molecule has 0 fully saturated rings. The Kier molecular flexibility index (Phi) is 24.7. The Morgan fingerprint density at radius 1 is 0.354 bits per heavy atom. The van der Waals surface area contributed by atoms with Crippen LogP contribution in [0.1, 0.15) is 152 Å². The van der Waals surface area contributed by atoms with Gasteiger partial charge in [-0.15, -0.1) is 0 Å². The molecule has 0 bridgehead atoms. The summed E-state index contributed by atoms with van der Waals surface area (Å²) < 4.78 is 0. The van der Waals surface area contributed by atoms with E-state index in [1.807, 2.05) is 110 Å². The summed E-state index contributed by atoms with van der Waals surface area (Å²) in [5.74, 6) is 2.06. The van der Waals surface area contributed by atoms with Gasteiger partial charge in [-0.25, -0.2) is 9.97 Å². The van der Waals surface area contributed by atoms with Gasteiger partial charge in [0.15, 0.2) is 0 Å². The van der Waals surface area contributed by atoms with Crippen molar-refractivity contribution in [3.63, 3.8) is 0 Å². The fourth-order valence-corrected chi connectivity index (χ4v) is 6.14. The molecule has 0 amide bonds. The van der Waals surface area contributed by atoms with Gasteiger partial charge < -0.3 is 9.59 Å². The molecular weight excluding hydrogens is 845 g/mol. The van der Waals surface area contributed by atoms with Gasteiger partial charge in [0.25, 0.3) is 0 Å². The first kappa shape index (κ1) is 54.9. The molecule has 6 rings (SSSR count). The van der Waals surface area contributed by atoms with Crippen LogP contribution in [0.4, 0.5) is 22.7 Å². The molecule has 65 heavy (non-hydrogen) atoms. The molecular formula is C56H66FeN6O2. The van der Waals surface area contributed by atoms with Crippen molar-refractivity contribution >= 4 is 59.2 Å². The minimum atomic E-state index is 0. The van der Waals surface area contributed by atoms with E-state index in [9.17, 15) is 9.59 Å². The number of Topliss-reactive ketones (excluding diaryl/α,β-unsaturated/α-hetero) is 2. The minimum Gasteiger partial charge on any atom is -0.300 e. The van der Waals surface area contributed by atoms with E-state index in [4.69, 9.17) is 0 Å². The summed E-state index contributed by atoms with van der Waals surface area (Å²) in [6.07, 6.45) is 7.28. The van der Waals surface area contributed by atoms with Crippen molar-refractivity contribution in [2.75, 3.05) is 0 Å².